The van der Waals surface area contributed by atoms with Gasteiger partial charge in [-0.05, 0) is 95.3 Å². The molecular weight excluding hydrogens is 412 g/mol. The number of rotatable bonds is 13. The summed E-state index contributed by atoms with van der Waals surface area (Å²) in [6, 6.07) is 7.11. The highest BCUT2D eigenvalue weighted by Gasteiger charge is 2.27. The second-order valence-electron chi connectivity index (χ2n) is 8.90. The van der Waals surface area contributed by atoms with Gasteiger partial charge in [0.05, 0.1) is 0 Å². The van der Waals surface area contributed by atoms with Crippen molar-refractivity contribution < 1.29 is 14.3 Å². The first-order valence-corrected chi connectivity index (χ1v) is 12.3. The van der Waals surface area contributed by atoms with Gasteiger partial charge < -0.3 is 19.3 Å². The van der Waals surface area contributed by atoms with E-state index in [0.717, 1.165) is 51.9 Å². The minimum absolute atomic E-state index is 0.235. The van der Waals surface area contributed by atoms with Crippen molar-refractivity contribution in [3.8, 4) is 5.75 Å². The Labute approximate surface area is 194 Å². The minimum Gasteiger partial charge on any atom is -0.410 e. The molecule has 0 atom stereocenters. The Morgan fingerprint density at radius 1 is 1.00 bits per heavy atom. The van der Waals surface area contributed by atoms with Crippen LogP contribution in [0.1, 0.15) is 64.7 Å². The van der Waals surface area contributed by atoms with Gasteiger partial charge in [-0.3, -0.25) is 0 Å². The molecule has 0 saturated heterocycles. The zero-order valence-corrected chi connectivity index (χ0v) is 20.4. The van der Waals surface area contributed by atoms with E-state index in [1.807, 2.05) is 7.05 Å². The maximum Gasteiger partial charge on any atom is 0.415 e. The van der Waals surface area contributed by atoms with E-state index in [1.54, 1.807) is 29.2 Å². The predicted octanol–water partition coefficient (Wildman–Crippen LogP) is 6.25. The Bertz CT molecular complexity index is 618. The molecule has 6 heteroatoms. The number of amides is 1. The molecule has 0 unspecified atom stereocenters. The Hall–Kier alpha value is -1.30. The molecule has 1 aliphatic carbocycles. The SMILES string of the molecule is CCCCCN(C)CCCCOC[C@H]1CC[C@H](N(C)C(=O)Oc2ccc(Cl)cc2)CC1. The molecule has 5 nitrogen and oxygen atoms in total. The van der Waals surface area contributed by atoms with E-state index >= 15 is 0 Å². The topological polar surface area (TPSA) is 42.0 Å². The monoisotopic (exact) mass is 452 g/mol. The largest absolute Gasteiger partial charge is 0.415 e. The van der Waals surface area contributed by atoms with E-state index in [4.69, 9.17) is 21.1 Å². The Morgan fingerprint density at radius 3 is 2.29 bits per heavy atom. The molecule has 2 rings (SSSR count). The van der Waals surface area contributed by atoms with Crippen LogP contribution in [-0.2, 0) is 4.74 Å². The number of benzene rings is 1. The first-order chi connectivity index (χ1) is 15.0. The first-order valence-electron chi connectivity index (χ1n) is 12.0. The predicted molar refractivity (Wildman–Crippen MR) is 128 cm³/mol. The van der Waals surface area contributed by atoms with Crippen molar-refractivity contribution in [3.05, 3.63) is 29.3 Å². The Balaban J connectivity index is 1.53. The van der Waals surface area contributed by atoms with E-state index in [0.29, 0.717) is 16.7 Å². The quantitative estimate of drug-likeness (QED) is 0.332. The van der Waals surface area contributed by atoms with Gasteiger partial charge in [0.25, 0.3) is 0 Å². The third-order valence-corrected chi connectivity index (χ3v) is 6.50. The second-order valence-corrected chi connectivity index (χ2v) is 9.34. The summed E-state index contributed by atoms with van der Waals surface area (Å²) < 4.78 is 11.4. The fraction of sp³-hybridized carbons (Fsp3) is 0.720. The maximum absolute atomic E-state index is 12.4. The van der Waals surface area contributed by atoms with Crippen LogP contribution in [0.15, 0.2) is 24.3 Å². The summed E-state index contributed by atoms with van der Waals surface area (Å²) in [5.41, 5.74) is 0. The van der Waals surface area contributed by atoms with E-state index in [1.165, 1.54) is 32.2 Å². The highest BCUT2D eigenvalue weighted by Crippen LogP contribution is 2.28. The summed E-state index contributed by atoms with van der Waals surface area (Å²) >= 11 is 5.88. The number of hydrogen-bond acceptors (Lipinski definition) is 4. The van der Waals surface area contributed by atoms with E-state index in [9.17, 15) is 4.79 Å². The number of carbonyl (C=O) groups excluding carboxylic acids is 1. The van der Waals surface area contributed by atoms with Crippen molar-refractivity contribution in [1.82, 2.24) is 9.80 Å². The third-order valence-electron chi connectivity index (χ3n) is 6.25. The average Bonchev–Trinajstić information content (AvgIpc) is 2.77. The van der Waals surface area contributed by atoms with Crippen LogP contribution in [0.2, 0.25) is 5.02 Å². The normalized spacial score (nSPS) is 18.9. The summed E-state index contributed by atoms with van der Waals surface area (Å²) in [7, 11) is 4.05. The van der Waals surface area contributed by atoms with Crippen LogP contribution < -0.4 is 4.74 Å². The highest BCUT2D eigenvalue weighted by atomic mass is 35.5. The zero-order valence-electron chi connectivity index (χ0n) is 19.7. The molecule has 1 saturated carbocycles. The molecule has 1 fully saturated rings. The molecule has 1 aliphatic rings. The molecule has 31 heavy (non-hydrogen) atoms. The number of unbranched alkanes of at least 4 members (excludes halogenated alkanes) is 3. The lowest BCUT2D eigenvalue weighted by molar-refractivity contribution is 0.0657. The molecular formula is C25H41ClN2O3. The van der Waals surface area contributed by atoms with Crippen molar-refractivity contribution in [2.75, 3.05) is 40.4 Å². The Morgan fingerprint density at radius 2 is 1.65 bits per heavy atom. The third kappa shape index (κ3) is 10.2. The molecule has 0 aliphatic heterocycles. The lowest BCUT2D eigenvalue weighted by atomic mass is 9.86. The van der Waals surface area contributed by atoms with Crippen LogP contribution in [-0.4, -0.2) is 62.3 Å². The number of hydrogen-bond donors (Lipinski definition) is 0. The second kappa shape index (κ2) is 14.7. The fourth-order valence-electron chi connectivity index (χ4n) is 4.10. The van der Waals surface area contributed by atoms with Gasteiger partial charge in [-0.15, -0.1) is 0 Å². The molecule has 0 spiro atoms. The van der Waals surface area contributed by atoms with Gasteiger partial charge in [-0.1, -0.05) is 31.4 Å². The van der Waals surface area contributed by atoms with Crippen LogP contribution in [0.5, 0.6) is 5.75 Å². The molecule has 1 aromatic rings. The maximum atomic E-state index is 12.4. The summed E-state index contributed by atoms with van der Waals surface area (Å²) in [5, 5.41) is 0.628. The van der Waals surface area contributed by atoms with E-state index in [2.05, 4.69) is 18.9 Å². The van der Waals surface area contributed by atoms with Crippen molar-refractivity contribution in [2.45, 2.75) is 70.8 Å². The summed E-state index contributed by atoms with van der Waals surface area (Å²) in [5.74, 6) is 1.13. The molecule has 0 aromatic heterocycles. The summed E-state index contributed by atoms with van der Waals surface area (Å²) in [6.07, 6.45) is 10.2. The lowest BCUT2D eigenvalue weighted by Gasteiger charge is -2.34. The van der Waals surface area contributed by atoms with Gasteiger partial charge in [-0.25, -0.2) is 4.79 Å². The van der Waals surface area contributed by atoms with Gasteiger partial charge in [0.1, 0.15) is 5.75 Å². The lowest BCUT2D eigenvalue weighted by Crippen LogP contribution is -2.41. The molecule has 0 bridgehead atoms. The van der Waals surface area contributed by atoms with Gasteiger partial charge >= 0.3 is 6.09 Å². The molecule has 0 heterocycles. The van der Waals surface area contributed by atoms with E-state index in [-0.39, 0.29) is 12.1 Å². The van der Waals surface area contributed by atoms with Gasteiger partial charge in [-0.2, -0.15) is 0 Å². The van der Waals surface area contributed by atoms with Crippen molar-refractivity contribution in [1.29, 1.82) is 0 Å². The number of halogens is 1. The zero-order chi connectivity index (χ0) is 22.5. The smallest absolute Gasteiger partial charge is 0.410 e. The van der Waals surface area contributed by atoms with Gasteiger partial charge in [0, 0.05) is 31.3 Å². The summed E-state index contributed by atoms with van der Waals surface area (Å²) in [6.45, 7) is 6.32. The summed E-state index contributed by atoms with van der Waals surface area (Å²) in [4.78, 5) is 16.6. The van der Waals surface area contributed by atoms with Crippen LogP contribution >= 0.6 is 11.6 Å². The number of nitrogens with zero attached hydrogens (tertiary/aromatic N) is 2. The average molecular weight is 453 g/mol. The fourth-order valence-corrected chi connectivity index (χ4v) is 4.23. The highest BCUT2D eigenvalue weighted by molar-refractivity contribution is 6.30. The molecule has 1 amide bonds. The van der Waals surface area contributed by atoms with Crippen LogP contribution in [0.25, 0.3) is 0 Å². The number of ether oxygens (including phenoxy) is 2. The molecule has 0 N–H and O–H groups in total. The van der Waals surface area contributed by atoms with Gasteiger partial charge in [0.2, 0.25) is 0 Å². The Kier molecular flexibility index (Phi) is 12.3. The van der Waals surface area contributed by atoms with Crippen LogP contribution in [0.4, 0.5) is 4.79 Å². The van der Waals surface area contributed by atoms with Gasteiger partial charge in [0.15, 0.2) is 0 Å². The number of carbonyl (C=O) groups is 1. The molecule has 176 valence electrons. The molecule has 0 radical (unpaired) electrons. The molecule has 1 aromatic carbocycles. The van der Waals surface area contributed by atoms with Crippen LogP contribution in [0, 0.1) is 5.92 Å². The van der Waals surface area contributed by atoms with Crippen molar-refractivity contribution in [2.24, 2.45) is 5.92 Å². The van der Waals surface area contributed by atoms with Crippen LogP contribution in [0.3, 0.4) is 0 Å². The standard InChI is InChI=1S/C25H41ClN2O3/c1-4-5-6-17-27(2)18-7-8-19-30-20-21-9-13-23(14-10-21)28(3)25(29)31-24-15-11-22(26)12-16-24/h11-12,15-16,21,23H,4-10,13-14,17-20H2,1-3H3/t21-,23-. The van der Waals surface area contributed by atoms with E-state index < -0.39 is 0 Å². The van der Waals surface area contributed by atoms with Crippen molar-refractivity contribution >= 4 is 17.7 Å². The minimum atomic E-state index is -0.304. The first kappa shape index (κ1) is 26.0. The van der Waals surface area contributed by atoms with Crippen molar-refractivity contribution in [3.63, 3.8) is 0 Å².